The summed E-state index contributed by atoms with van der Waals surface area (Å²) in [6, 6.07) is 23.9. The maximum atomic E-state index is 9.85. The molecule has 0 fully saturated rings. The molecule has 0 aliphatic rings. The molecule has 4 heteroatoms. The molecule has 0 bridgehead atoms. The number of aromatic hydroxyl groups is 1. The maximum absolute atomic E-state index is 9.85. The lowest BCUT2D eigenvalue weighted by atomic mass is 9.88. The fraction of sp³-hybridized carbons (Fsp3) is 0.310. The van der Waals surface area contributed by atoms with Crippen LogP contribution in [0.25, 0.3) is 11.1 Å². The normalized spacial score (nSPS) is 11.9. The summed E-state index contributed by atoms with van der Waals surface area (Å²) in [7, 11) is 1.68. The quantitative estimate of drug-likeness (QED) is 0.343. The SMILES string of the molecule is CC/C(=C(/c1ccc(O)cc1)c1cccc(OCCN(CC)CC)c1)c1ccc(OC)cc1. The average molecular weight is 446 g/mol. The van der Waals surface area contributed by atoms with Crippen LogP contribution in [0.3, 0.4) is 0 Å². The molecule has 0 amide bonds. The number of nitrogens with zero attached hydrogens (tertiary/aromatic N) is 1. The highest BCUT2D eigenvalue weighted by Gasteiger charge is 2.14. The largest absolute Gasteiger partial charge is 0.508 e. The standard InChI is InChI=1S/C29H35NO3/c1-5-28(22-13-17-26(32-4)18-14-22)29(23-11-15-25(31)16-12-23)24-9-8-10-27(21-24)33-20-19-30(6-2)7-3/h8-18,21,31H,5-7,19-20H2,1-4H3/b29-28+. The van der Waals surface area contributed by atoms with Gasteiger partial charge in [-0.25, -0.2) is 0 Å². The van der Waals surface area contributed by atoms with Gasteiger partial charge in [-0.1, -0.05) is 57.2 Å². The number of hydrogen-bond acceptors (Lipinski definition) is 4. The third kappa shape index (κ3) is 6.39. The Balaban J connectivity index is 2.02. The predicted octanol–water partition coefficient (Wildman–Crippen LogP) is 6.49. The van der Waals surface area contributed by atoms with Crippen molar-refractivity contribution >= 4 is 11.1 Å². The Bertz CT molecular complexity index is 1040. The Morgan fingerprint density at radius 3 is 2.06 bits per heavy atom. The van der Waals surface area contributed by atoms with Gasteiger partial charge in [0.1, 0.15) is 23.9 Å². The number of phenolic OH excluding ortho intramolecular Hbond substituents is 1. The first-order valence-electron chi connectivity index (χ1n) is 11.7. The fourth-order valence-electron chi connectivity index (χ4n) is 4.03. The Hall–Kier alpha value is -3.24. The first-order chi connectivity index (χ1) is 16.1. The molecule has 3 aromatic rings. The molecule has 0 aliphatic heterocycles. The van der Waals surface area contributed by atoms with Crippen LogP contribution in [0.1, 0.15) is 43.9 Å². The topological polar surface area (TPSA) is 41.9 Å². The zero-order valence-electron chi connectivity index (χ0n) is 20.2. The molecule has 0 heterocycles. The van der Waals surface area contributed by atoms with Crippen molar-refractivity contribution < 1.29 is 14.6 Å². The molecule has 0 spiro atoms. The van der Waals surface area contributed by atoms with E-state index in [2.05, 4.69) is 49.9 Å². The number of benzene rings is 3. The third-order valence-corrected chi connectivity index (χ3v) is 5.94. The zero-order valence-corrected chi connectivity index (χ0v) is 20.2. The van der Waals surface area contributed by atoms with Gasteiger partial charge < -0.3 is 19.5 Å². The van der Waals surface area contributed by atoms with Crippen molar-refractivity contribution in [1.82, 2.24) is 4.90 Å². The molecule has 4 nitrogen and oxygen atoms in total. The van der Waals surface area contributed by atoms with Gasteiger partial charge in [0.15, 0.2) is 0 Å². The number of likely N-dealkylation sites (N-methyl/N-ethyl adjacent to an activating group) is 1. The molecular weight excluding hydrogens is 410 g/mol. The van der Waals surface area contributed by atoms with E-state index in [4.69, 9.17) is 9.47 Å². The van der Waals surface area contributed by atoms with Crippen LogP contribution >= 0.6 is 0 Å². The van der Waals surface area contributed by atoms with Crippen molar-refractivity contribution in [3.05, 3.63) is 89.5 Å². The van der Waals surface area contributed by atoms with Gasteiger partial charge in [-0.2, -0.15) is 0 Å². The van der Waals surface area contributed by atoms with Crippen LogP contribution in [-0.4, -0.2) is 43.4 Å². The van der Waals surface area contributed by atoms with Gasteiger partial charge in [0.2, 0.25) is 0 Å². The summed E-state index contributed by atoms with van der Waals surface area (Å²) < 4.78 is 11.5. The van der Waals surface area contributed by atoms with Gasteiger partial charge in [-0.3, -0.25) is 0 Å². The van der Waals surface area contributed by atoms with E-state index in [1.807, 2.05) is 36.4 Å². The minimum atomic E-state index is 0.258. The summed E-state index contributed by atoms with van der Waals surface area (Å²) in [5, 5.41) is 9.85. The number of methoxy groups -OCH3 is 1. The number of ether oxygens (including phenoxy) is 2. The highest BCUT2D eigenvalue weighted by Crippen LogP contribution is 2.36. The van der Waals surface area contributed by atoms with E-state index in [-0.39, 0.29) is 5.75 Å². The minimum absolute atomic E-state index is 0.258. The first-order valence-corrected chi connectivity index (χ1v) is 11.7. The van der Waals surface area contributed by atoms with Gasteiger partial charge in [0.05, 0.1) is 7.11 Å². The second-order valence-electron chi connectivity index (χ2n) is 7.89. The summed E-state index contributed by atoms with van der Waals surface area (Å²) in [6.45, 7) is 10.1. The van der Waals surface area contributed by atoms with Crippen LogP contribution in [0.4, 0.5) is 0 Å². The molecule has 33 heavy (non-hydrogen) atoms. The van der Waals surface area contributed by atoms with Crippen molar-refractivity contribution in [3.8, 4) is 17.2 Å². The van der Waals surface area contributed by atoms with Crippen molar-refractivity contribution in [3.63, 3.8) is 0 Å². The van der Waals surface area contributed by atoms with Crippen molar-refractivity contribution in [2.75, 3.05) is 33.4 Å². The van der Waals surface area contributed by atoms with E-state index in [0.29, 0.717) is 6.61 Å². The second kappa shape index (κ2) is 12.1. The Labute approximate surface area is 198 Å². The molecule has 3 rings (SSSR count). The smallest absolute Gasteiger partial charge is 0.119 e. The van der Waals surface area contributed by atoms with Crippen LogP contribution in [-0.2, 0) is 0 Å². The third-order valence-electron chi connectivity index (χ3n) is 5.94. The van der Waals surface area contributed by atoms with Crippen LogP contribution < -0.4 is 9.47 Å². The lowest BCUT2D eigenvalue weighted by Gasteiger charge is -2.19. The first kappa shape index (κ1) is 24.4. The van der Waals surface area contributed by atoms with E-state index in [1.165, 1.54) is 5.57 Å². The van der Waals surface area contributed by atoms with Crippen LogP contribution in [0.5, 0.6) is 17.2 Å². The average Bonchev–Trinajstić information content (AvgIpc) is 2.86. The Morgan fingerprint density at radius 1 is 0.788 bits per heavy atom. The summed E-state index contributed by atoms with van der Waals surface area (Å²) >= 11 is 0. The monoisotopic (exact) mass is 445 g/mol. The van der Waals surface area contributed by atoms with E-state index < -0.39 is 0 Å². The number of phenols is 1. The molecular formula is C29H35NO3. The van der Waals surface area contributed by atoms with Crippen molar-refractivity contribution in [2.24, 2.45) is 0 Å². The van der Waals surface area contributed by atoms with Gasteiger partial charge in [0.25, 0.3) is 0 Å². The van der Waals surface area contributed by atoms with Crippen LogP contribution in [0.15, 0.2) is 72.8 Å². The highest BCUT2D eigenvalue weighted by atomic mass is 16.5. The number of rotatable bonds is 11. The lowest BCUT2D eigenvalue weighted by molar-refractivity contribution is 0.223. The lowest BCUT2D eigenvalue weighted by Crippen LogP contribution is -2.27. The Kier molecular flexibility index (Phi) is 8.96. The minimum Gasteiger partial charge on any atom is -0.508 e. The van der Waals surface area contributed by atoms with Gasteiger partial charge in [-0.15, -0.1) is 0 Å². The van der Waals surface area contributed by atoms with Gasteiger partial charge in [-0.05, 0) is 83.7 Å². The second-order valence-corrected chi connectivity index (χ2v) is 7.89. The molecule has 0 radical (unpaired) electrons. The highest BCUT2D eigenvalue weighted by molar-refractivity contribution is 5.98. The predicted molar refractivity (Wildman–Crippen MR) is 137 cm³/mol. The zero-order chi connectivity index (χ0) is 23.6. The van der Waals surface area contributed by atoms with Gasteiger partial charge in [0, 0.05) is 6.54 Å². The van der Waals surface area contributed by atoms with E-state index in [0.717, 1.165) is 59.8 Å². The molecule has 0 unspecified atom stereocenters. The van der Waals surface area contributed by atoms with Crippen molar-refractivity contribution in [1.29, 1.82) is 0 Å². The molecule has 0 saturated carbocycles. The maximum Gasteiger partial charge on any atom is 0.119 e. The molecule has 3 aromatic carbocycles. The molecule has 0 aliphatic carbocycles. The van der Waals surface area contributed by atoms with E-state index in [9.17, 15) is 5.11 Å². The fourth-order valence-corrected chi connectivity index (χ4v) is 4.03. The molecule has 0 saturated heterocycles. The Morgan fingerprint density at radius 2 is 1.45 bits per heavy atom. The number of allylic oxidation sites excluding steroid dienone is 1. The summed E-state index contributed by atoms with van der Waals surface area (Å²) in [4.78, 5) is 2.35. The number of hydrogen-bond donors (Lipinski definition) is 1. The van der Waals surface area contributed by atoms with E-state index >= 15 is 0 Å². The van der Waals surface area contributed by atoms with E-state index in [1.54, 1.807) is 19.2 Å². The van der Waals surface area contributed by atoms with Crippen LogP contribution in [0.2, 0.25) is 0 Å². The summed E-state index contributed by atoms with van der Waals surface area (Å²) in [5.41, 5.74) is 5.66. The molecule has 0 atom stereocenters. The molecule has 174 valence electrons. The summed E-state index contributed by atoms with van der Waals surface area (Å²) in [5.74, 6) is 1.96. The van der Waals surface area contributed by atoms with Crippen molar-refractivity contribution in [2.45, 2.75) is 27.2 Å². The molecule has 1 N–H and O–H groups in total. The van der Waals surface area contributed by atoms with Gasteiger partial charge >= 0.3 is 0 Å². The summed E-state index contributed by atoms with van der Waals surface area (Å²) in [6.07, 6.45) is 0.857. The van der Waals surface area contributed by atoms with Crippen LogP contribution in [0, 0.1) is 0 Å². The molecule has 0 aromatic heterocycles.